The molecule has 33 heavy (non-hydrogen) atoms. The summed E-state index contributed by atoms with van der Waals surface area (Å²) >= 11 is 5.92. The second-order valence-electron chi connectivity index (χ2n) is 8.19. The number of sulfonamides is 1. The molecule has 4 rings (SSSR count). The van der Waals surface area contributed by atoms with Gasteiger partial charge in [-0.15, -0.1) is 0 Å². The monoisotopic (exact) mass is 496 g/mol. The molecule has 8 nitrogen and oxygen atoms in total. The summed E-state index contributed by atoms with van der Waals surface area (Å²) in [7, 11) is -3.63. The summed E-state index contributed by atoms with van der Waals surface area (Å²) < 4.78 is 44.4. The van der Waals surface area contributed by atoms with Crippen LogP contribution in [0, 0.1) is 0 Å². The van der Waals surface area contributed by atoms with Gasteiger partial charge in [0.05, 0.1) is 23.7 Å². The molecule has 0 saturated carbocycles. The van der Waals surface area contributed by atoms with Crippen molar-refractivity contribution in [1.82, 2.24) is 9.21 Å². The fraction of sp³-hybridized carbons (Fsp3) is 0.478. The number of ether oxygens (including phenoxy) is 3. The van der Waals surface area contributed by atoms with E-state index in [1.54, 1.807) is 12.1 Å². The first-order valence-corrected chi connectivity index (χ1v) is 12.8. The molecule has 1 N–H and O–H groups in total. The summed E-state index contributed by atoms with van der Waals surface area (Å²) in [6.45, 7) is 5.18. The van der Waals surface area contributed by atoms with E-state index in [-0.39, 0.29) is 17.6 Å². The van der Waals surface area contributed by atoms with Crippen molar-refractivity contribution in [3.63, 3.8) is 0 Å². The Balaban J connectivity index is 1.25. The molecule has 2 aromatic carbocycles. The third-order valence-electron chi connectivity index (χ3n) is 5.83. The number of nitrogens with zero attached hydrogens (tertiary/aromatic N) is 2. The van der Waals surface area contributed by atoms with Crippen molar-refractivity contribution in [1.29, 1.82) is 0 Å². The Morgan fingerprint density at radius 3 is 2.39 bits per heavy atom. The van der Waals surface area contributed by atoms with Crippen LogP contribution in [0.4, 0.5) is 0 Å². The third kappa shape index (κ3) is 5.98. The predicted molar refractivity (Wildman–Crippen MR) is 124 cm³/mol. The molecule has 1 saturated heterocycles. The maximum Gasteiger partial charge on any atom is 0.243 e. The molecule has 2 aliphatic rings. The fourth-order valence-electron chi connectivity index (χ4n) is 3.92. The van der Waals surface area contributed by atoms with Gasteiger partial charge in [-0.1, -0.05) is 23.7 Å². The van der Waals surface area contributed by atoms with E-state index >= 15 is 0 Å². The standard InChI is InChI=1S/C23H29ClN2O6S/c1-17(18-2-4-19(24)5-3-18)32-16-20(27)15-25-8-10-26(11-9-25)33(28,29)21-6-7-22-23(14-21)31-13-12-30-22/h2-7,14,17,20,27H,8-13,15-16H2,1H3/t17-,20-/m0/s1. The van der Waals surface area contributed by atoms with Gasteiger partial charge < -0.3 is 19.3 Å². The number of hydrogen-bond donors (Lipinski definition) is 1. The number of piperazine rings is 1. The number of β-amino-alcohol motifs (C(OH)–C–C–N with tert-alkyl or cyclic N) is 1. The highest BCUT2D eigenvalue weighted by Gasteiger charge is 2.30. The van der Waals surface area contributed by atoms with E-state index in [1.165, 1.54) is 10.4 Å². The van der Waals surface area contributed by atoms with E-state index in [9.17, 15) is 13.5 Å². The molecular weight excluding hydrogens is 468 g/mol. The number of rotatable bonds is 8. The summed E-state index contributed by atoms with van der Waals surface area (Å²) in [6, 6.07) is 12.1. The molecule has 2 atom stereocenters. The average molecular weight is 497 g/mol. The van der Waals surface area contributed by atoms with E-state index in [1.807, 2.05) is 31.2 Å². The molecule has 0 spiro atoms. The number of aliphatic hydroxyl groups excluding tert-OH is 1. The Morgan fingerprint density at radius 1 is 1.03 bits per heavy atom. The first kappa shape index (κ1) is 24.3. The molecule has 0 aliphatic carbocycles. The number of aliphatic hydroxyl groups is 1. The SMILES string of the molecule is C[C@H](OC[C@@H](O)CN1CCN(S(=O)(=O)c2ccc3c(c2)OCCO3)CC1)c1ccc(Cl)cc1. The zero-order chi connectivity index (χ0) is 23.4. The molecular formula is C23H29ClN2O6S. The molecule has 0 bridgehead atoms. The molecule has 0 amide bonds. The van der Waals surface area contributed by atoms with Crippen LogP contribution in [0.15, 0.2) is 47.4 Å². The van der Waals surface area contributed by atoms with Crippen molar-refractivity contribution >= 4 is 21.6 Å². The van der Waals surface area contributed by atoms with Gasteiger partial charge in [0.15, 0.2) is 11.5 Å². The van der Waals surface area contributed by atoms with Gasteiger partial charge in [-0.25, -0.2) is 8.42 Å². The largest absolute Gasteiger partial charge is 0.486 e. The smallest absolute Gasteiger partial charge is 0.243 e. The second kappa shape index (κ2) is 10.6. The van der Waals surface area contributed by atoms with Crippen LogP contribution in [0.25, 0.3) is 0 Å². The van der Waals surface area contributed by atoms with Gasteiger partial charge >= 0.3 is 0 Å². The first-order valence-electron chi connectivity index (χ1n) is 11.0. The van der Waals surface area contributed by atoms with Crippen molar-refractivity contribution in [3.8, 4) is 11.5 Å². The van der Waals surface area contributed by atoms with Crippen LogP contribution in [0.1, 0.15) is 18.6 Å². The third-order valence-corrected chi connectivity index (χ3v) is 7.98. The van der Waals surface area contributed by atoms with Gasteiger partial charge in [0.1, 0.15) is 13.2 Å². The molecule has 180 valence electrons. The van der Waals surface area contributed by atoms with Crippen molar-refractivity contribution in [2.75, 3.05) is 52.5 Å². The number of hydrogen-bond acceptors (Lipinski definition) is 7. The van der Waals surface area contributed by atoms with E-state index < -0.39 is 16.1 Å². The summed E-state index contributed by atoms with van der Waals surface area (Å²) in [5, 5.41) is 11.1. The minimum atomic E-state index is -3.63. The van der Waals surface area contributed by atoms with Gasteiger partial charge in [-0.05, 0) is 36.8 Å². The lowest BCUT2D eigenvalue weighted by atomic mass is 10.1. The maximum atomic E-state index is 13.1. The molecule has 2 aliphatic heterocycles. The normalized spacial score (nSPS) is 19.2. The average Bonchev–Trinajstić information content (AvgIpc) is 2.83. The van der Waals surface area contributed by atoms with Crippen LogP contribution in [-0.4, -0.2) is 81.4 Å². The predicted octanol–water partition coefficient (Wildman–Crippen LogP) is 2.56. The Morgan fingerprint density at radius 2 is 1.70 bits per heavy atom. The highest BCUT2D eigenvalue weighted by Crippen LogP contribution is 2.33. The lowest BCUT2D eigenvalue weighted by Crippen LogP contribution is -2.50. The fourth-order valence-corrected chi connectivity index (χ4v) is 5.49. The summed E-state index contributed by atoms with van der Waals surface area (Å²) in [5.74, 6) is 1.02. The lowest BCUT2D eigenvalue weighted by molar-refractivity contribution is -0.0186. The molecule has 1 fully saturated rings. The van der Waals surface area contributed by atoms with Crippen LogP contribution in [-0.2, 0) is 14.8 Å². The van der Waals surface area contributed by atoms with E-state index in [4.69, 9.17) is 25.8 Å². The van der Waals surface area contributed by atoms with Crippen molar-refractivity contribution in [2.45, 2.75) is 24.0 Å². The summed E-state index contributed by atoms with van der Waals surface area (Å²) in [4.78, 5) is 2.25. The molecule has 0 unspecified atom stereocenters. The van der Waals surface area contributed by atoms with Crippen LogP contribution in [0.3, 0.4) is 0 Å². The van der Waals surface area contributed by atoms with Crippen LogP contribution >= 0.6 is 11.6 Å². The lowest BCUT2D eigenvalue weighted by Gasteiger charge is -2.35. The molecule has 2 aromatic rings. The van der Waals surface area contributed by atoms with Gasteiger partial charge in [-0.2, -0.15) is 4.31 Å². The number of fused-ring (bicyclic) bond motifs is 1. The Bertz CT molecular complexity index is 1040. The number of halogens is 1. The van der Waals surface area contributed by atoms with Crippen molar-refractivity contribution in [2.24, 2.45) is 0 Å². The van der Waals surface area contributed by atoms with Gasteiger partial charge in [0.25, 0.3) is 0 Å². The zero-order valence-electron chi connectivity index (χ0n) is 18.5. The maximum absolute atomic E-state index is 13.1. The van der Waals surface area contributed by atoms with E-state index in [0.29, 0.717) is 62.5 Å². The molecule has 0 aromatic heterocycles. The van der Waals surface area contributed by atoms with E-state index in [0.717, 1.165) is 5.56 Å². The minimum absolute atomic E-state index is 0.162. The van der Waals surface area contributed by atoms with Crippen molar-refractivity contribution in [3.05, 3.63) is 53.1 Å². The second-order valence-corrected chi connectivity index (χ2v) is 10.6. The molecule has 0 radical (unpaired) electrons. The van der Waals surface area contributed by atoms with Crippen molar-refractivity contribution < 1.29 is 27.7 Å². The minimum Gasteiger partial charge on any atom is -0.486 e. The highest BCUT2D eigenvalue weighted by molar-refractivity contribution is 7.89. The Kier molecular flexibility index (Phi) is 7.78. The van der Waals surface area contributed by atoms with Gasteiger partial charge in [-0.3, -0.25) is 4.90 Å². The highest BCUT2D eigenvalue weighted by atomic mass is 35.5. The van der Waals surface area contributed by atoms with E-state index in [2.05, 4.69) is 4.90 Å². The van der Waals surface area contributed by atoms with Crippen LogP contribution in [0.2, 0.25) is 5.02 Å². The van der Waals surface area contributed by atoms with Gasteiger partial charge in [0, 0.05) is 43.8 Å². The van der Waals surface area contributed by atoms with Gasteiger partial charge in [0.2, 0.25) is 10.0 Å². The summed E-state index contributed by atoms with van der Waals surface area (Å²) in [5.41, 5.74) is 0.990. The topological polar surface area (TPSA) is 88.5 Å². The van der Waals surface area contributed by atoms with Crippen LogP contribution < -0.4 is 9.47 Å². The number of benzene rings is 2. The quantitative estimate of drug-likeness (QED) is 0.600. The summed E-state index contributed by atoms with van der Waals surface area (Å²) in [6.07, 6.45) is -0.828. The molecule has 10 heteroatoms. The first-order chi connectivity index (χ1) is 15.8. The van der Waals surface area contributed by atoms with Crippen LogP contribution in [0.5, 0.6) is 11.5 Å². The molecule has 2 heterocycles. The Labute approximate surface area is 199 Å². The zero-order valence-corrected chi connectivity index (χ0v) is 20.1. The Hall–Kier alpha value is -1.88.